The van der Waals surface area contributed by atoms with Crippen LogP contribution >= 0.6 is 0 Å². The fourth-order valence-corrected chi connectivity index (χ4v) is 2.35. The van der Waals surface area contributed by atoms with E-state index in [0.717, 1.165) is 19.5 Å². The van der Waals surface area contributed by atoms with Crippen LogP contribution in [-0.2, 0) is 0 Å². The minimum absolute atomic E-state index is 0.963. The second kappa shape index (κ2) is 4.11. The summed E-state index contributed by atoms with van der Waals surface area (Å²) >= 11 is 0. The van der Waals surface area contributed by atoms with Crippen molar-refractivity contribution >= 4 is 11.6 Å². The molecule has 1 heterocycles. The summed E-state index contributed by atoms with van der Waals surface area (Å²) in [6, 6.07) is 8.63. The number of fused-ring (bicyclic) bond motifs is 3. The lowest BCUT2D eigenvalue weighted by Crippen LogP contribution is -2.16. The van der Waals surface area contributed by atoms with Crippen molar-refractivity contribution in [3.63, 3.8) is 0 Å². The van der Waals surface area contributed by atoms with Crippen LogP contribution in [0.3, 0.4) is 0 Å². The maximum absolute atomic E-state index is 3.44. The van der Waals surface area contributed by atoms with Crippen LogP contribution in [0.5, 0.6) is 0 Å². The molecule has 1 heteroatoms. The quantitative estimate of drug-likeness (QED) is 0.648. The molecular weight excluding hydrogens is 194 g/mol. The second-order valence-corrected chi connectivity index (χ2v) is 4.21. The van der Waals surface area contributed by atoms with E-state index < -0.39 is 0 Å². The van der Waals surface area contributed by atoms with Gasteiger partial charge >= 0.3 is 0 Å². The molecule has 2 aliphatic rings. The largest absolute Gasteiger partial charge is 0.309 e. The summed E-state index contributed by atoms with van der Waals surface area (Å²) in [7, 11) is 0. The van der Waals surface area contributed by atoms with Gasteiger partial charge < -0.3 is 5.32 Å². The molecule has 0 aromatic heterocycles. The number of hydrogen-bond acceptors (Lipinski definition) is 1. The van der Waals surface area contributed by atoms with Gasteiger partial charge in [0.2, 0.25) is 0 Å². The molecule has 80 valence electrons. The van der Waals surface area contributed by atoms with E-state index in [-0.39, 0.29) is 0 Å². The lowest BCUT2D eigenvalue weighted by Gasteiger charge is -2.06. The van der Waals surface area contributed by atoms with E-state index in [1.807, 2.05) is 0 Å². The van der Waals surface area contributed by atoms with Gasteiger partial charge in [-0.1, -0.05) is 42.5 Å². The van der Waals surface area contributed by atoms with Crippen LogP contribution in [0, 0.1) is 0 Å². The van der Waals surface area contributed by atoms with E-state index in [9.17, 15) is 0 Å². The molecule has 0 spiro atoms. The van der Waals surface area contributed by atoms with E-state index in [1.165, 1.54) is 22.3 Å². The normalized spacial score (nSPS) is 24.0. The van der Waals surface area contributed by atoms with E-state index in [2.05, 4.69) is 53.9 Å². The number of hydrogen-bond donors (Lipinski definition) is 1. The fourth-order valence-electron chi connectivity index (χ4n) is 2.35. The van der Waals surface area contributed by atoms with Gasteiger partial charge in [0.25, 0.3) is 0 Å². The summed E-state index contributed by atoms with van der Waals surface area (Å²) in [5.74, 6) is 0. The lowest BCUT2D eigenvalue weighted by molar-refractivity contribution is 0.832. The van der Waals surface area contributed by atoms with Crippen molar-refractivity contribution in [3.8, 4) is 0 Å². The van der Waals surface area contributed by atoms with E-state index in [1.54, 1.807) is 0 Å². The van der Waals surface area contributed by atoms with Crippen LogP contribution in [0.2, 0.25) is 0 Å². The molecule has 1 aliphatic carbocycles. The molecule has 0 saturated carbocycles. The van der Waals surface area contributed by atoms with Gasteiger partial charge in [-0.25, -0.2) is 0 Å². The van der Waals surface area contributed by atoms with E-state index >= 15 is 0 Å². The highest BCUT2D eigenvalue weighted by atomic mass is 14.8. The Morgan fingerprint density at radius 1 is 1.06 bits per heavy atom. The van der Waals surface area contributed by atoms with Crippen molar-refractivity contribution in [3.05, 3.63) is 59.2 Å². The maximum atomic E-state index is 3.44. The Bertz CT molecular complexity index is 492. The van der Waals surface area contributed by atoms with Crippen LogP contribution in [-0.4, -0.2) is 13.1 Å². The Morgan fingerprint density at radius 2 is 2.00 bits per heavy atom. The highest BCUT2D eigenvalue weighted by Gasteiger charge is 2.17. The van der Waals surface area contributed by atoms with Gasteiger partial charge in [0.15, 0.2) is 0 Å². The average molecular weight is 209 g/mol. The zero-order valence-electron chi connectivity index (χ0n) is 9.24. The summed E-state index contributed by atoms with van der Waals surface area (Å²) < 4.78 is 0. The Hall–Kier alpha value is -1.60. The molecule has 0 bridgehead atoms. The molecule has 3 rings (SSSR count). The van der Waals surface area contributed by atoms with Crippen molar-refractivity contribution in [1.29, 1.82) is 0 Å². The molecule has 0 saturated heterocycles. The van der Waals surface area contributed by atoms with Crippen molar-refractivity contribution in [2.75, 3.05) is 13.1 Å². The summed E-state index contributed by atoms with van der Waals surface area (Å²) in [6.45, 7) is 1.93. The Balaban J connectivity index is 2.05. The zero-order valence-corrected chi connectivity index (χ0v) is 9.24. The molecule has 1 aliphatic heterocycles. The number of nitrogens with one attached hydrogen (secondary N) is 1. The van der Waals surface area contributed by atoms with E-state index in [4.69, 9.17) is 0 Å². The molecular formula is C15H15N. The highest BCUT2D eigenvalue weighted by molar-refractivity contribution is 5.94. The molecule has 1 nitrogen and oxygen atoms in total. The van der Waals surface area contributed by atoms with Gasteiger partial charge in [-0.05, 0) is 34.8 Å². The Morgan fingerprint density at radius 3 is 3.00 bits per heavy atom. The van der Waals surface area contributed by atoms with Crippen LogP contribution in [0.15, 0.2) is 48.1 Å². The summed E-state index contributed by atoms with van der Waals surface area (Å²) in [5, 5.41) is 3.44. The summed E-state index contributed by atoms with van der Waals surface area (Å²) in [6.07, 6.45) is 10.1. The third kappa shape index (κ3) is 1.63. The van der Waals surface area contributed by atoms with E-state index in [0.29, 0.717) is 0 Å². The first-order valence-electron chi connectivity index (χ1n) is 5.81. The second-order valence-electron chi connectivity index (χ2n) is 4.21. The molecule has 1 aromatic rings. The smallest absolute Gasteiger partial charge is 0.0214 e. The predicted molar refractivity (Wildman–Crippen MR) is 69.0 cm³/mol. The Labute approximate surface area is 96.2 Å². The first kappa shape index (κ1) is 9.61. The van der Waals surface area contributed by atoms with Crippen molar-refractivity contribution < 1.29 is 0 Å². The maximum Gasteiger partial charge on any atom is 0.0214 e. The van der Waals surface area contributed by atoms with Gasteiger partial charge in [0.05, 0.1) is 0 Å². The molecule has 0 amide bonds. The van der Waals surface area contributed by atoms with Crippen LogP contribution in [0.1, 0.15) is 17.5 Å². The van der Waals surface area contributed by atoms with Crippen LogP contribution < -0.4 is 5.32 Å². The summed E-state index contributed by atoms with van der Waals surface area (Å²) in [5.41, 5.74) is 5.57. The van der Waals surface area contributed by atoms with Gasteiger partial charge in [-0.15, -0.1) is 0 Å². The number of allylic oxidation sites excluding steroid dienone is 2. The molecule has 0 fully saturated rings. The molecule has 0 radical (unpaired) electrons. The SMILES string of the molecule is C1=C2CNC/C=C\C/C=C\2c2ccccc21. The van der Waals surface area contributed by atoms with Crippen molar-refractivity contribution in [2.45, 2.75) is 6.42 Å². The monoisotopic (exact) mass is 209 g/mol. The Kier molecular flexibility index (Phi) is 2.47. The van der Waals surface area contributed by atoms with Gasteiger partial charge in [0.1, 0.15) is 0 Å². The molecule has 16 heavy (non-hydrogen) atoms. The van der Waals surface area contributed by atoms with Gasteiger partial charge in [0, 0.05) is 13.1 Å². The zero-order chi connectivity index (χ0) is 10.8. The molecule has 1 aromatic carbocycles. The minimum atomic E-state index is 0.963. The first-order chi connectivity index (χ1) is 7.95. The summed E-state index contributed by atoms with van der Waals surface area (Å²) in [4.78, 5) is 0. The molecule has 1 N–H and O–H groups in total. The van der Waals surface area contributed by atoms with Gasteiger partial charge in [-0.3, -0.25) is 0 Å². The third-order valence-corrected chi connectivity index (χ3v) is 3.13. The predicted octanol–water partition coefficient (Wildman–Crippen LogP) is 3.02. The molecule has 0 unspecified atom stereocenters. The average Bonchev–Trinajstić information content (AvgIpc) is 2.69. The number of rotatable bonds is 0. The van der Waals surface area contributed by atoms with Gasteiger partial charge in [-0.2, -0.15) is 0 Å². The fraction of sp³-hybridized carbons (Fsp3) is 0.200. The molecule has 0 atom stereocenters. The topological polar surface area (TPSA) is 12.0 Å². The van der Waals surface area contributed by atoms with Crippen LogP contribution in [0.4, 0.5) is 0 Å². The first-order valence-corrected chi connectivity index (χ1v) is 5.81. The van der Waals surface area contributed by atoms with Crippen molar-refractivity contribution in [1.82, 2.24) is 5.32 Å². The third-order valence-electron chi connectivity index (χ3n) is 3.13. The minimum Gasteiger partial charge on any atom is -0.309 e. The number of benzene rings is 1. The van der Waals surface area contributed by atoms with Crippen molar-refractivity contribution in [2.24, 2.45) is 0 Å². The highest BCUT2D eigenvalue weighted by Crippen LogP contribution is 2.35. The standard InChI is InChI=1S/C15H15N/c1-2-7-15-13(11-16-9-5-1)10-12-6-3-4-8-14(12)15/h1,3-8,10,16H,2,9,11H2/b5-1-,15-7+. The lowest BCUT2D eigenvalue weighted by atomic mass is 10.0. The van der Waals surface area contributed by atoms with Crippen LogP contribution in [0.25, 0.3) is 11.6 Å².